The molecule has 0 aromatic carbocycles. The first-order valence-corrected chi connectivity index (χ1v) is 7.84. The zero-order valence-electron chi connectivity index (χ0n) is 10.9. The lowest BCUT2D eigenvalue weighted by atomic mass is 10.0. The van der Waals surface area contributed by atoms with Gasteiger partial charge in [-0.2, -0.15) is 0 Å². The van der Waals surface area contributed by atoms with E-state index in [2.05, 4.69) is 39.8 Å². The van der Waals surface area contributed by atoms with Gasteiger partial charge in [0, 0.05) is 6.04 Å². The minimum Gasteiger partial charge on any atom is -0.306 e. The van der Waals surface area contributed by atoms with Crippen molar-refractivity contribution in [1.82, 2.24) is 9.80 Å². The summed E-state index contributed by atoms with van der Waals surface area (Å²) in [6.07, 6.45) is 2.32. The van der Waals surface area contributed by atoms with E-state index < -0.39 is 0 Å². The Labute approximate surface area is 121 Å². The fourth-order valence-electron chi connectivity index (χ4n) is 2.33. The van der Waals surface area contributed by atoms with Crippen LogP contribution in [0.5, 0.6) is 0 Å². The van der Waals surface area contributed by atoms with Gasteiger partial charge in [0.25, 0.3) is 0 Å². The van der Waals surface area contributed by atoms with Gasteiger partial charge in [0.05, 0.1) is 15.2 Å². The smallest absolute Gasteiger partial charge is 0.186 e. The molecule has 0 N–H and O–H groups in total. The molecule has 0 bridgehead atoms. The number of nitrogens with zero attached hydrogens (tertiary/aromatic N) is 2. The molecule has 18 heavy (non-hydrogen) atoms. The molecule has 3 nitrogen and oxygen atoms in total. The van der Waals surface area contributed by atoms with Crippen LogP contribution in [0.3, 0.4) is 0 Å². The lowest BCUT2D eigenvalue weighted by molar-refractivity contribution is 0.0875. The van der Waals surface area contributed by atoms with Crippen LogP contribution in [-0.2, 0) is 0 Å². The minimum absolute atomic E-state index is 0.229. The molecule has 1 aromatic rings. The van der Waals surface area contributed by atoms with Gasteiger partial charge in [-0.25, -0.2) is 0 Å². The van der Waals surface area contributed by atoms with Crippen LogP contribution in [0.25, 0.3) is 0 Å². The Morgan fingerprint density at radius 2 is 2.17 bits per heavy atom. The van der Waals surface area contributed by atoms with E-state index in [0.29, 0.717) is 12.6 Å². The van der Waals surface area contributed by atoms with E-state index in [1.54, 1.807) is 0 Å². The van der Waals surface area contributed by atoms with E-state index in [-0.39, 0.29) is 5.78 Å². The summed E-state index contributed by atoms with van der Waals surface area (Å²) in [6.45, 7) is 2.79. The maximum Gasteiger partial charge on any atom is 0.186 e. The lowest BCUT2D eigenvalue weighted by Crippen LogP contribution is -2.43. The number of Topliss-reactive ketones (excluding diaryl/α,β-unsaturated/α-hetero) is 1. The fourth-order valence-corrected chi connectivity index (χ4v) is 3.65. The number of halogens is 1. The van der Waals surface area contributed by atoms with Crippen LogP contribution in [0.4, 0.5) is 0 Å². The molecule has 5 heteroatoms. The summed E-state index contributed by atoms with van der Waals surface area (Å²) in [4.78, 5) is 17.5. The molecule has 100 valence electrons. The Balaban J connectivity index is 1.87. The quantitative estimate of drug-likeness (QED) is 0.793. The molecule has 0 aliphatic carbocycles. The Morgan fingerprint density at radius 3 is 2.72 bits per heavy atom. The van der Waals surface area contributed by atoms with Crippen molar-refractivity contribution in [2.45, 2.75) is 18.9 Å². The van der Waals surface area contributed by atoms with Gasteiger partial charge in [-0.05, 0) is 68.1 Å². The number of carbonyl (C=O) groups is 1. The van der Waals surface area contributed by atoms with E-state index in [1.807, 2.05) is 12.1 Å². The van der Waals surface area contributed by atoms with Crippen molar-refractivity contribution in [3.63, 3.8) is 0 Å². The molecule has 0 atom stereocenters. The Bertz CT molecular complexity index is 413. The van der Waals surface area contributed by atoms with E-state index >= 15 is 0 Å². The monoisotopic (exact) mass is 330 g/mol. The van der Waals surface area contributed by atoms with E-state index in [1.165, 1.54) is 11.3 Å². The predicted octanol–water partition coefficient (Wildman–Crippen LogP) is 2.72. The molecule has 1 aliphatic heterocycles. The average molecular weight is 331 g/mol. The molecule has 0 saturated carbocycles. The highest BCUT2D eigenvalue weighted by Crippen LogP contribution is 2.23. The molecule has 0 amide bonds. The SMILES string of the molecule is CN1CCC(N(C)CC(=O)c2ccc(Br)s2)CC1. The van der Waals surface area contributed by atoms with Crippen LogP contribution in [0, 0.1) is 0 Å². The first-order valence-electron chi connectivity index (χ1n) is 6.23. The van der Waals surface area contributed by atoms with Crippen LogP contribution in [0.1, 0.15) is 22.5 Å². The van der Waals surface area contributed by atoms with Crippen LogP contribution >= 0.6 is 27.3 Å². The van der Waals surface area contributed by atoms with Gasteiger partial charge in [-0.15, -0.1) is 11.3 Å². The van der Waals surface area contributed by atoms with Gasteiger partial charge in [0.1, 0.15) is 0 Å². The number of piperidine rings is 1. The summed E-state index contributed by atoms with van der Waals surface area (Å²) in [5, 5.41) is 0. The highest BCUT2D eigenvalue weighted by atomic mass is 79.9. The largest absolute Gasteiger partial charge is 0.306 e. The summed E-state index contributed by atoms with van der Waals surface area (Å²) < 4.78 is 1.02. The zero-order valence-corrected chi connectivity index (χ0v) is 13.3. The molecular weight excluding hydrogens is 312 g/mol. The van der Waals surface area contributed by atoms with Gasteiger partial charge in [-0.1, -0.05) is 0 Å². The van der Waals surface area contributed by atoms with Crippen molar-refractivity contribution >= 4 is 33.0 Å². The first kappa shape index (κ1) is 14.2. The van der Waals surface area contributed by atoms with Crippen molar-refractivity contribution in [1.29, 1.82) is 0 Å². The third kappa shape index (κ3) is 3.63. The van der Waals surface area contributed by atoms with Crippen molar-refractivity contribution in [2.24, 2.45) is 0 Å². The minimum atomic E-state index is 0.229. The number of likely N-dealkylation sites (N-methyl/N-ethyl adjacent to an activating group) is 1. The van der Waals surface area contributed by atoms with E-state index in [9.17, 15) is 4.79 Å². The van der Waals surface area contributed by atoms with Gasteiger partial charge in [0.2, 0.25) is 0 Å². The van der Waals surface area contributed by atoms with Gasteiger partial charge in [0.15, 0.2) is 5.78 Å². The summed E-state index contributed by atoms with van der Waals surface area (Å²) in [6, 6.07) is 4.39. The van der Waals surface area contributed by atoms with Crippen LogP contribution < -0.4 is 0 Å². The lowest BCUT2D eigenvalue weighted by Gasteiger charge is -2.34. The Kier molecular flexibility index (Phi) is 4.95. The zero-order chi connectivity index (χ0) is 13.1. The summed E-state index contributed by atoms with van der Waals surface area (Å²) >= 11 is 4.91. The number of carbonyl (C=O) groups excluding carboxylic acids is 1. The molecule has 2 rings (SSSR count). The maximum atomic E-state index is 12.1. The average Bonchev–Trinajstić information content (AvgIpc) is 2.76. The standard InChI is InChI=1S/C13H19BrN2OS/c1-15-7-5-10(6-8-15)16(2)9-11(17)12-3-4-13(14)18-12/h3-4,10H,5-9H2,1-2H3. The van der Waals surface area contributed by atoms with Gasteiger partial charge < -0.3 is 4.90 Å². The normalized spacial score (nSPS) is 18.4. The van der Waals surface area contributed by atoms with Crippen molar-refractivity contribution in [3.8, 4) is 0 Å². The summed E-state index contributed by atoms with van der Waals surface area (Å²) in [5.74, 6) is 0.229. The topological polar surface area (TPSA) is 23.6 Å². The molecule has 2 heterocycles. The van der Waals surface area contributed by atoms with Crippen LogP contribution in [0.15, 0.2) is 15.9 Å². The molecular formula is C13H19BrN2OS. The van der Waals surface area contributed by atoms with Crippen LogP contribution in [-0.4, -0.2) is 55.4 Å². The number of thiophene rings is 1. The summed E-state index contributed by atoms with van der Waals surface area (Å²) in [5.41, 5.74) is 0. The number of likely N-dealkylation sites (tertiary alicyclic amines) is 1. The predicted molar refractivity (Wildman–Crippen MR) is 79.5 cm³/mol. The third-order valence-electron chi connectivity index (χ3n) is 3.55. The number of ketones is 1. The molecule has 0 unspecified atom stereocenters. The highest BCUT2D eigenvalue weighted by molar-refractivity contribution is 9.11. The maximum absolute atomic E-state index is 12.1. The van der Waals surface area contributed by atoms with Gasteiger partial charge >= 0.3 is 0 Å². The Hall–Kier alpha value is -0.230. The molecule has 1 aliphatic rings. The summed E-state index contributed by atoms with van der Waals surface area (Å²) in [7, 11) is 4.22. The van der Waals surface area contributed by atoms with Crippen molar-refractivity contribution in [2.75, 3.05) is 33.7 Å². The van der Waals surface area contributed by atoms with E-state index in [0.717, 1.165) is 34.6 Å². The van der Waals surface area contributed by atoms with Crippen LogP contribution in [0.2, 0.25) is 0 Å². The fraction of sp³-hybridized carbons (Fsp3) is 0.615. The molecule has 1 aromatic heterocycles. The number of hydrogen-bond acceptors (Lipinski definition) is 4. The van der Waals surface area contributed by atoms with Gasteiger partial charge in [-0.3, -0.25) is 9.69 Å². The highest BCUT2D eigenvalue weighted by Gasteiger charge is 2.22. The molecule has 1 fully saturated rings. The number of rotatable bonds is 4. The van der Waals surface area contributed by atoms with E-state index in [4.69, 9.17) is 0 Å². The van der Waals surface area contributed by atoms with Crippen molar-refractivity contribution in [3.05, 3.63) is 20.8 Å². The second-order valence-electron chi connectivity index (χ2n) is 4.98. The molecule has 0 spiro atoms. The second kappa shape index (κ2) is 6.28. The number of hydrogen-bond donors (Lipinski definition) is 0. The second-order valence-corrected chi connectivity index (χ2v) is 7.44. The first-order chi connectivity index (χ1) is 8.56. The third-order valence-corrected chi connectivity index (χ3v) is 5.22. The molecule has 1 saturated heterocycles. The molecule has 0 radical (unpaired) electrons. The van der Waals surface area contributed by atoms with Crippen molar-refractivity contribution < 1.29 is 4.79 Å². The Morgan fingerprint density at radius 1 is 1.50 bits per heavy atom.